The minimum absolute atomic E-state index is 0.0189. The van der Waals surface area contributed by atoms with Gasteiger partial charge in [0.1, 0.15) is 24.4 Å². The lowest BCUT2D eigenvalue weighted by Gasteiger charge is -2.40. The predicted molar refractivity (Wildman–Crippen MR) is 398 cm³/mol. The highest BCUT2D eigenvalue weighted by atomic mass is 16.7. The van der Waals surface area contributed by atoms with E-state index in [1.165, 1.54) is 340 Å². The van der Waals surface area contributed by atoms with E-state index >= 15 is 0 Å². The zero-order valence-electron chi connectivity index (χ0n) is 62.0. The van der Waals surface area contributed by atoms with Crippen LogP contribution in [0.5, 0.6) is 0 Å². The van der Waals surface area contributed by atoms with Gasteiger partial charge in [-0.1, -0.05) is 371 Å². The Morgan fingerprint density at radius 3 is 1.05 bits per heavy atom. The summed E-state index contributed by atoms with van der Waals surface area (Å²) < 4.78 is 16.8. The first kappa shape index (κ1) is 89.9. The van der Waals surface area contributed by atoms with Gasteiger partial charge in [-0.05, 0) is 70.6 Å². The summed E-state index contributed by atoms with van der Waals surface area (Å²) in [4.78, 5) is 25.2. The maximum Gasteiger partial charge on any atom is 0.305 e. The minimum Gasteiger partial charge on any atom is -0.466 e. The molecule has 1 amide bonds. The number of allylic oxidation sites excluding steroid dienone is 5. The molecule has 0 aromatic carbocycles. The monoisotopic (exact) mass is 1330 g/mol. The second kappa shape index (κ2) is 72.1. The third kappa shape index (κ3) is 59.9. The van der Waals surface area contributed by atoms with Crippen LogP contribution >= 0.6 is 0 Å². The van der Waals surface area contributed by atoms with Crippen molar-refractivity contribution in [1.82, 2.24) is 5.32 Å². The van der Waals surface area contributed by atoms with Crippen LogP contribution in [-0.2, 0) is 23.8 Å². The van der Waals surface area contributed by atoms with E-state index in [-0.39, 0.29) is 18.5 Å². The van der Waals surface area contributed by atoms with Crippen molar-refractivity contribution < 1.29 is 49.3 Å². The quantitative estimate of drug-likeness (QED) is 0.0195. The third-order valence-electron chi connectivity index (χ3n) is 19.7. The molecule has 0 radical (unpaired) electrons. The van der Waals surface area contributed by atoms with Gasteiger partial charge in [0.05, 0.1) is 32.0 Å². The number of ether oxygens (including phenoxy) is 3. The highest BCUT2D eigenvalue weighted by Crippen LogP contribution is 2.24. The zero-order valence-corrected chi connectivity index (χ0v) is 62.0. The molecule has 0 aromatic rings. The number of amides is 1. The molecule has 0 aromatic heterocycles. The van der Waals surface area contributed by atoms with Crippen LogP contribution in [0.4, 0.5) is 0 Å². The molecule has 0 saturated carbocycles. The smallest absolute Gasteiger partial charge is 0.305 e. The molecule has 7 unspecified atom stereocenters. The number of hydrogen-bond donors (Lipinski definition) is 6. The van der Waals surface area contributed by atoms with Crippen molar-refractivity contribution in [1.29, 1.82) is 0 Å². The van der Waals surface area contributed by atoms with Crippen LogP contribution in [0.25, 0.3) is 0 Å². The highest BCUT2D eigenvalue weighted by molar-refractivity contribution is 5.76. The fraction of sp³-hybridized carbons (Fsp3) is 0.904. The molecule has 1 saturated heterocycles. The summed E-state index contributed by atoms with van der Waals surface area (Å²) >= 11 is 0. The number of rotatable bonds is 74. The van der Waals surface area contributed by atoms with Crippen LogP contribution in [0.2, 0.25) is 0 Å². The van der Waals surface area contributed by atoms with Gasteiger partial charge in [0.2, 0.25) is 5.91 Å². The van der Waals surface area contributed by atoms with E-state index in [1.54, 1.807) is 6.08 Å². The van der Waals surface area contributed by atoms with Crippen LogP contribution in [0.15, 0.2) is 36.5 Å². The third-order valence-corrected chi connectivity index (χ3v) is 19.7. The van der Waals surface area contributed by atoms with Crippen molar-refractivity contribution >= 4 is 11.9 Å². The first-order valence-electron chi connectivity index (χ1n) is 41.3. The lowest BCUT2D eigenvalue weighted by molar-refractivity contribution is -0.302. The van der Waals surface area contributed by atoms with Gasteiger partial charge in [-0.25, -0.2) is 0 Å². The predicted octanol–water partition coefficient (Wildman–Crippen LogP) is 22.5. The number of carbonyl (C=O) groups is 2. The number of hydrogen-bond acceptors (Lipinski definition) is 10. The first-order chi connectivity index (χ1) is 46.2. The van der Waals surface area contributed by atoms with E-state index in [1.807, 2.05) is 6.08 Å². The Hall–Kier alpha value is -2.12. The molecule has 1 fully saturated rings. The molecule has 1 rings (SSSR count). The van der Waals surface area contributed by atoms with E-state index in [0.29, 0.717) is 19.4 Å². The van der Waals surface area contributed by atoms with E-state index in [9.17, 15) is 35.1 Å². The Bertz CT molecular complexity index is 1660. The van der Waals surface area contributed by atoms with Crippen molar-refractivity contribution in [3.05, 3.63) is 36.5 Å². The minimum atomic E-state index is -1.57. The lowest BCUT2D eigenvalue weighted by Crippen LogP contribution is -2.60. The van der Waals surface area contributed by atoms with Gasteiger partial charge in [0, 0.05) is 12.8 Å². The molecule has 1 aliphatic rings. The van der Waals surface area contributed by atoms with Crippen LogP contribution < -0.4 is 5.32 Å². The Balaban J connectivity index is 1.90. The van der Waals surface area contributed by atoms with Gasteiger partial charge < -0.3 is 45.1 Å². The molecule has 1 aliphatic heterocycles. The SMILES string of the molecule is CCCCCCCCCC/C=C/CC/C=C/C(O)C(COC1OC(CO)C(O)C(O)C1O)NC(=O)CCCCCCCCCCCCCCCCCCC/C=C\CCCCCCCCCCCCCCCCCCCCOC(=O)CCCCCCCCCCCCCCC. The molecule has 1 heterocycles. The largest absolute Gasteiger partial charge is 0.466 e. The average Bonchev–Trinajstić information content (AvgIpc) is 0.876. The number of unbranched alkanes of at least 4 members (excludes halogenated alkanes) is 56. The molecule has 94 heavy (non-hydrogen) atoms. The van der Waals surface area contributed by atoms with Crippen molar-refractivity contribution in [2.24, 2.45) is 0 Å². The number of esters is 1. The number of nitrogens with one attached hydrogen (secondary N) is 1. The zero-order chi connectivity index (χ0) is 67.9. The summed E-state index contributed by atoms with van der Waals surface area (Å²) in [5.74, 6) is -0.166. The van der Waals surface area contributed by atoms with Gasteiger partial charge in [0.15, 0.2) is 6.29 Å². The van der Waals surface area contributed by atoms with E-state index in [4.69, 9.17) is 14.2 Å². The summed E-state index contributed by atoms with van der Waals surface area (Å²) in [5.41, 5.74) is 0. The lowest BCUT2D eigenvalue weighted by atomic mass is 9.99. The van der Waals surface area contributed by atoms with Gasteiger partial charge in [-0.15, -0.1) is 0 Å². The summed E-state index contributed by atoms with van der Waals surface area (Å²) in [6, 6.07) is -0.825. The number of aliphatic hydroxyl groups is 5. The second-order valence-electron chi connectivity index (χ2n) is 28.8. The maximum atomic E-state index is 13.1. The van der Waals surface area contributed by atoms with Gasteiger partial charge in [0.25, 0.3) is 0 Å². The van der Waals surface area contributed by atoms with Gasteiger partial charge in [-0.3, -0.25) is 9.59 Å². The molecule has 11 heteroatoms. The molecular weight excluding hydrogens is 1170 g/mol. The standard InChI is InChI=1S/C83H157NO10/c1-3-5-7-9-11-13-15-17-46-49-53-57-61-65-69-76(86)75(74-93-83-82(91)81(90)80(89)77(73-85)94-83)84-78(87)70-66-62-58-54-50-47-43-41-39-37-35-33-31-29-27-25-23-21-19-18-20-22-24-26-28-30-32-34-36-38-40-42-44-48-52-56-60-64-68-72-92-79(88)71-67-63-59-55-51-45-16-14-12-10-8-6-4-2/h18-19,49,53,65,69,75-77,80-83,85-86,89-91H,3-17,20-48,50-52,54-64,66-68,70-74H2,1-2H3,(H,84,87)/b19-18-,53-49+,69-65+. The van der Waals surface area contributed by atoms with Crippen LogP contribution in [0, 0.1) is 0 Å². The number of aliphatic hydroxyl groups excluding tert-OH is 5. The summed E-state index contributed by atoms with van der Waals surface area (Å²) in [7, 11) is 0. The molecule has 6 N–H and O–H groups in total. The fourth-order valence-corrected chi connectivity index (χ4v) is 13.3. The van der Waals surface area contributed by atoms with Crippen LogP contribution in [0.1, 0.15) is 418 Å². The van der Waals surface area contributed by atoms with Crippen LogP contribution in [0.3, 0.4) is 0 Å². The summed E-state index contributed by atoms with van der Waals surface area (Å²) in [6.07, 6.45) is 84.8. The topological polar surface area (TPSA) is 175 Å². The van der Waals surface area contributed by atoms with Gasteiger partial charge in [-0.2, -0.15) is 0 Å². The summed E-state index contributed by atoms with van der Waals surface area (Å²) in [5, 5.41) is 54.6. The average molecular weight is 1330 g/mol. The Kier molecular flexibility index (Phi) is 69.0. The first-order valence-corrected chi connectivity index (χ1v) is 41.3. The molecule has 0 aliphatic carbocycles. The Morgan fingerprint density at radius 2 is 0.691 bits per heavy atom. The van der Waals surface area contributed by atoms with E-state index < -0.39 is 49.5 Å². The molecule has 11 nitrogen and oxygen atoms in total. The molecule has 554 valence electrons. The number of carbonyl (C=O) groups excluding carboxylic acids is 2. The van der Waals surface area contributed by atoms with E-state index in [0.717, 1.165) is 51.4 Å². The van der Waals surface area contributed by atoms with Crippen LogP contribution in [-0.4, -0.2) is 100 Å². The van der Waals surface area contributed by atoms with Crippen molar-refractivity contribution in [2.45, 2.75) is 461 Å². The molecule has 7 atom stereocenters. The normalized spacial score (nSPS) is 17.5. The molecule has 0 spiro atoms. The van der Waals surface area contributed by atoms with Crippen molar-refractivity contribution in [2.75, 3.05) is 19.8 Å². The highest BCUT2D eigenvalue weighted by Gasteiger charge is 2.44. The van der Waals surface area contributed by atoms with Gasteiger partial charge >= 0.3 is 5.97 Å². The summed E-state index contributed by atoms with van der Waals surface area (Å²) in [6.45, 7) is 4.38. The fourth-order valence-electron chi connectivity index (χ4n) is 13.3. The van der Waals surface area contributed by atoms with Crippen molar-refractivity contribution in [3.8, 4) is 0 Å². The van der Waals surface area contributed by atoms with E-state index in [2.05, 4.69) is 43.5 Å². The Labute approximate surface area is 581 Å². The van der Waals surface area contributed by atoms with Crippen molar-refractivity contribution in [3.63, 3.8) is 0 Å². The molecule has 0 bridgehead atoms. The maximum absolute atomic E-state index is 13.1. The molecular formula is C83H157NO10. The second-order valence-corrected chi connectivity index (χ2v) is 28.8. The Morgan fingerprint density at radius 1 is 0.383 bits per heavy atom.